The van der Waals surface area contributed by atoms with Crippen molar-refractivity contribution in [3.05, 3.63) is 46.5 Å². The monoisotopic (exact) mass is 381 g/mol. The van der Waals surface area contributed by atoms with E-state index >= 15 is 0 Å². The van der Waals surface area contributed by atoms with Crippen LogP contribution < -0.4 is 15.6 Å². The Morgan fingerprint density at radius 3 is 2.86 bits per heavy atom. The molecule has 1 aliphatic rings. The molecular weight excluding hydrogens is 358 g/mol. The Morgan fingerprint density at radius 2 is 2.14 bits per heavy atom. The second-order valence-electron chi connectivity index (χ2n) is 7.50. The van der Waals surface area contributed by atoms with Crippen LogP contribution in [0.3, 0.4) is 0 Å². The summed E-state index contributed by atoms with van der Waals surface area (Å²) in [5, 5.41) is 14.0. The topological polar surface area (TPSA) is 93.5 Å². The van der Waals surface area contributed by atoms with Crippen LogP contribution in [0.4, 0.5) is 4.79 Å². The van der Waals surface area contributed by atoms with Gasteiger partial charge in [-0.15, -0.1) is 0 Å². The van der Waals surface area contributed by atoms with Gasteiger partial charge in [-0.3, -0.25) is 9.78 Å². The maximum absolute atomic E-state index is 12.8. The standard InChI is InChI=1S/C21H23N3O4/c1-12-19-17(7-8-22-12)16-6-5-15(10-18(16)24(2)20(19)25)28-11-14(23-21(26)27)9-13-3-4-13/h5-8,10,13-14,23H,3-4,9,11H2,1-2H3,(H,26,27). The molecule has 1 unspecified atom stereocenters. The summed E-state index contributed by atoms with van der Waals surface area (Å²) in [4.78, 5) is 28.1. The minimum absolute atomic E-state index is 0.0931. The summed E-state index contributed by atoms with van der Waals surface area (Å²) in [6.07, 6.45) is 3.76. The van der Waals surface area contributed by atoms with Gasteiger partial charge >= 0.3 is 6.09 Å². The SMILES string of the molecule is Cc1nccc2c1c(=O)n(C)c1cc(OCC(CC3CC3)NC(=O)O)ccc21. The number of nitrogens with zero attached hydrogens (tertiary/aromatic N) is 2. The molecule has 2 aromatic heterocycles. The summed E-state index contributed by atoms with van der Waals surface area (Å²) in [7, 11) is 1.74. The van der Waals surface area contributed by atoms with Crippen molar-refractivity contribution in [1.29, 1.82) is 0 Å². The largest absolute Gasteiger partial charge is 0.491 e. The molecule has 0 spiro atoms. The van der Waals surface area contributed by atoms with E-state index in [4.69, 9.17) is 9.84 Å². The number of carboxylic acid groups (broad SMARTS) is 1. The number of rotatable bonds is 6. The van der Waals surface area contributed by atoms with E-state index in [0.29, 0.717) is 22.7 Å². The van der Waals surface area contributed by atoms with Crippen molar-refractivity contribution in [3.63, 3.8) is 0 Å². The van der Waals surface area contributed by atoms with Crippen LogP contribution in [0.25, 0.3) is 21.7 Å². The minimum atomic E-state index is -1.04. The van der Waals surface area contributed by atoms with Gasteiger partial charge in [-0.2, -0.15) is 0 Å². The summed E-state index contributed by atoms with van der Waals surface area (Å²) in [5.41, 5.74) is 1.39. The van der Waals surface area contributed by atoms with Gasteiger partial charge in [-0.25, -0.2) is 4.79 Å². The lowest BCUT2D eigenvalue weighted by molar-refractivity contribution is 0.178. The average Bonchev–Trinajstić information content (AvgIpc) is 3.47. The molecule has 0 radical (unpaired) electrons. The van der Waals surface area contributed by atoms with Gasteiger partial charge in [0, 0.05) is 24.7 Å². The first-order valence-corrected chi connectivity index (χ1v) is 9.44. The molecule has 146 valence electrons. The van der Waals surface area contributed by atoms with Crippen LogP contribution in [0, 0.1) is 12.8 Å². The van der Waals surface area contributed by atoms with Gasteiger partial charge in [-0.05, 0) is 42.8 Å². The minimum Gasteiger partial charge on any atom is -0.491 e. The first-order valence-electron chi connectivity index (χ1n) is 9.44. The Labute approximate surface area is 162 Å². The van der Waals surface area contributed by atoms with Gasteiger partial charge in [0.1, 0.15) is 12.4 Å². The molecule has 1 saturated carbocycles. The van der Waals surface area contributed by atoms with Crippen LogP contribution in [0.2, 0.25) is 0 Å². The van der Waals surface area contributed by atoms with Crippen LogP contribution in [-0.2, 0) is 7.05 Å². The Hall–Kier alpha value is -3.09. The van der Waals surface area contributed by atoms with Crippen molar-refractivity contribution in [1.82, 2.24) is 14.9 Å². The fraction of sp³-hybridized carbons (Fsp3) is 0.381. The highest BCUT2D eigenvalue weighted by Crippen LogP contribution is 2.34. The van der Waals surface area contributed by atoms with Crippen LogP contribution >= 0.6 is 0 Å². The Morgan fingerprint density at radius 1 is 1.36 bits per heavy atom. The fourth-order valence-corrected chi connectivity index (χ4v) is 3.74. The van der Waals surface area contributed by atoms with Gasteiger partial charge in [0.25, 0.3) is 5.56 Å². The number of aromatic nitrogens is 2. The number of fused-ring (bicyclic) bond motifs is 3. The summed E-state index contributed by atoms with van der Waals surface area (Å²) >= 11 is 0. The average molecular weight is 381 g/mol. The predicted molar refractivity (Wildman–Crippen MR) is 107 cm³/mol. The summed E-state index contributed by atoms with van der Waals surface area (Å²) < 4.78 is 7.49. The lowest BCUT2D eigenvalue weighted by atomic mass is 10.1. The van der Waals surface area contributed by atoms with Crippen LogP contribution in [0.1, 0.15) is 25.0 Å². The van der Waals surface area contributed by atoms with E-state index in [1.165, 1.54) is 0 Å². The molecule has 7 nitrogen and oxygen atoms in total. The normalized spacial score (nSPS) is 14.9. The molecule has 0 saturated heterocycles. The number of carbonyl (C=O) groups is 1. The molecule has 1 aliphatic carbocycles. The van der Waals surface area contributed by atoms with Crippen molar-refractivity contribution in [2.45, 2.75) is 32.2 Å². The molecule has 0 bridgehead atoms. The predicted octanol–water partition coefficient (Wildman–Crippen LogP) is 3.21. The molecule has 28 heavy (non-hydrogen) atoms. The summed E-state index contributed by atoms with van der Waals surface area (Å²) in [5.74, 6) is 1.20. The van der Waals surface area contributed by atoms with Gasteiger partial charge in [-0.1, -0.05) is 12.8 Å². The second-order valence-corrected chi connectivity index (χ2v) is 7.50. The van der Waals surface area contributed by atoms with Crippen molar-refractivity contribution in [2.75, 3.05) is 6.61 Å². The molecule has 1 atom stereocenters. The number of pyridine rings is 2. The van der Waals surface area contributed by atoms with E-state index in [-0.39, 0.29) is 18.2 Å². The van der Waals surface area contributed by atoms with Crippen LogP contribution in [0.15, 0.2) is 35.3 Å². The Balaban J connectivity index is 1.65. The van der Waals surface area contributed by atoms with Crippen molar-refractivity contribution in [3.8, 4) is 5.75 Å². The van der Waals surface area contributed by atoms with Gasteiger partial charge in [0.2, 0.25) is 0 Å². The fourth-order valence-electron chi connectivity index (χ4n) is 3.74. The molecule has 7 heteroatoms. The molecule has 1 fully saturated rings. The Kier molecular flexibility index (Phi) is 4.66. The maximum atomic E-state index is 12.8. The second kappa shape index (κ2) is 7.14. The van der Waals surface area contributed by atoms with Crippen molar-refractivity contribution >= 4 is 27.8 Å². The zero-order valence-electron chi connectivity index (χ0n) is 15.9. The smallest absolute Gasteiger partial charge is 0.404 e. The summed E-state index contributed by atoms with van der Waals surface area (Å²) in [6, 6.07) is 7.24. The quantitative estimate of drug-likeness (QED) is 0.640. The molecule has 2 N–H and O–H groups in total. The zero-order chi connectivity index (χ0) is 19.8. The number of aryl methyl sites for hydroxylation is 2. The highest BCUT2D eigenvalue weighted by molar-refractivity contribution is 6.06. The number of nitrogens with one attached hydrogen (secondary N) is 1. The number of hydrogen-bond donors (Lipinski definition) is 2. The van der Waals surface area contributed by atoms with Crippen molar-refractivity contribution < 1.29 is 14.6 Å². The van der Waals surface area contributed by atoms with E-state index in [1.54, 1.807) is 17.8 Å². The number of ether oxygens (including phenoxy) is 1. The van der Waals surface area contributed by atoms with E-state index < -0.39 is 6.09 Å². The molecule has 4 rings (SSSR count). The molecule has 3 aromatic rings. The van der Waals surface area contributed by atoms with Crippen molar-refractivity contribution in [2.24, 2.45) is 13.0 Å². The third-order valence-electron chi connectivity index (χ3n) is 5.37. The van der Waals surface area contributed by atoms with Crippen LogP contribution in [0.5, 0.6) is 5.75 Å². The number of amides is 1. The number of hydrogen-bond acceptors (Lipinski definition) is 4. The van der Waals surface area contributed by atoms with E-state index in [2.05, 4.69) is 10.3 Å². The van der Waals surface area contributed by atoms with Gasteiger partial charge in [0.15, 0.2) is 0 Å². The molecular formula is C21H23N3O4. The zero-order valence-corrected chi connectivity index (χ0v) is 15.9. The third-order valence-corrected chi connectivity index (χ3v) is 5.37. The van der Waals surface area contributed by atoms with Crippen LogP contribution in [-0.4, -0.2) is 33.4 Å². The summed E-state index contributed by atoms with van der Waals surface area (Å²) in [6.45, 7) is 2.10. The highest BCUT2D eigenvalue weighted by Gasteiger charge is 2.26. The molecule has 0 aliphatic heterocycles. The molecule has 1 aromatic carbocycles. The van der Waals surface area contributed by atoms with E-state index in [0.717, 1.165) is 35.6 Å². The van der Waals surface area contributed by atoms with E-state index in [1.807, 2.05) is 31.2 Å². The third kappa shape index (κ3) is 3.52. The number of benzene rings is 1. The Bertz CT molecular complexity index is 1120. The maximum Gasteiger partial charge on any atom is 0.404 e. The first kappa shape index (κ1) is 18.3. The van der Waals surface area contributed by atoms with E-state index in [9.17, 15) is 9.59 Å². The highest BCUT2D eigenvalue weighted by atomic mass is 16.5. The van der Waals surface area contributed by atoms with Gasteiger partial charge in [0.05, 0.1) is 22.6 Å². The lowest BCUT2D eigenvalue weighted by Crippen LogP contribution is -2.38. The van der Waals surface area contributed by atoms with Gasteiger partial charge < -0.3 is 19.7 Å². The molecule has 2 heterocycles. The lowest BCUT2D eigenvalue weighted by Gasteiger charge is -2.18. The molecule has 1 amide bonds. The first-order chi connectivity index (χ1) is 13.4.